The van der Waals surface area contributed by atoms with Gasteiger partial charge in [0.2, 0.25) is 0 Å². The zero-order valence-corrected chi connectivity index (χ0v) is 12.4. The second-order valence-corrected chi connectivity index (χ2v) is 4.44. The van der Waals surface area contributed by atoms with Crippen LogP contribution in [0.25, 0.3) is 0 Å². The third-order valence-corrected chi connectivity index (χ3v) is 2.76. The molecule has 0 aliphatic rings. The Morgan fingerprint density at radius 1 is 1.26 bits per heavy atom. The molecule has 1 N–H and O–H groups in total. The number of nitrogens with zero attached hydrogens (tertiary/aromatic N) is 2. The summed E-state index contributed by atoms with van der Waals surface area (Å²) in [7, 11) is 3.74. The second kappa shape index (κ2) is 8.40. The van der Waals surface area contributed by atoms with E-state index in [9.17, 15) is 0 Å². The van der Waals surface area contributed by atoms with Gasteiger partial charge in [0.05, 0.1) is 7.11 Å². The van der Waals surface area contributed by atoms with Gasteiger partial charge in [0.1, 0.15) is 5.75 Å². The summed E-state index contributed by atoms with van der Waals surface area (Å²) in [5.41, 5.74) is 1.24. The summed E-state index contributed by atoms with van der Waals surface area (Å²) in [5, 5.41) is 3.31. The van der Waals surface area contributed by atoms with Crippen LogP contribution in [0.2, 0.25) is 0 Å². The molecule has 1 aromatic rings. The maximum atomic E-state index is 5.16. The largest absolute Gasteiger partial charge is 0.497 e. The lowest BCUT2D eigenvalue weighted by Crippen LogP contribution is -2.38. The zero-order valence-electron chi connectivity index (χ0n) is 12.4. The minimum atomic E-state index is 0.833. The lowest BCUT2D eigenvalue weighted by atomic mass is 10.2. The molecule has 0 bridgehead atoms. The van der Waals surface area contributed by atoms with Crippen molar-refractivity contribution in [3.63, 3.8) is 0 Å². The Morgan fingerprint density at radius 3 is 2.47 bits per heavy atom. The molecule has 0 heterocycles. The Bertz CT molecular complexity index is 387. The summed E-state index contributed by atoms with van der Waals surface area (Å²) >= 11 is 0. The first-order chi connectivity index (χ1) is 9.21. The first kappa shape index (κ1) is 15.3. The van der Waals surface area contributed by atoms with Crippen LogP contribution in [0.15, 0.2) is 29.3 Å². The number of benzene rings is 1. The number of nitrogens with one attached hydrogen (secondary N) is 1. The highest BCUT2D eigenvalue weighted by atomic mass is 16.5. The molecule has 0 aliphatic heterocycles. The summed E-state index contributed by atoms with van der Waals surface area (Å²) in [6, 6.07) is 8.13. The molecule has 4 nitrogen and oxygen atoms in total. The van der Waals surface area contributed by atoms with Crippen molar-refractivity contribution in [2.75, 3.05) is 27.2 Å². The Labute approximate surface area is 116 Å². The predicted octanol–water partition coefficient (Wildman–Crippen LogP) is 2.50. The van der Waals surface area contributed by atoms with Crippen LogP contribution in [0.4, 0.5) is 0 Å². The van der Waals surface area contributed by atoms with Gasteiger partial charge in [-0.3, -0.25) is 4.99 Å². The third-order valence-electron chi connectivity index (χ3n) is 2.76. The molecule has 0 aliphatic carbocycles. The molecule has 19 heavy (non-hydrogen) atoms. The van der Waals surface area contributed by atoms with Gasteiger partial charge < -0.3 is 15.0 Å². The van der Waals surface area contributed by atoms with E-state index < -0.39 is 0 Å². The van der Waals surface area contributed by atoms with Gasteiger partial charge in [-0.25, -0.2) is 0 Å². The molecular formula is C15H25N3O. The van der Waals surface area contributed by atoms with Gasteiger partial charge in [-0.2, -0.15) is 0 Å². The number of rotatable bonds is 6. The van der Waals surface area contributed by atoms with Crippen LogP contribution in [0, 0.1) is 0 Å². The maximum absolute atomic E-state index is 5.16. The predicted molar refractivity (Wildman–Crippen MR) is 80.7 cm³/mol. The van der Waals surface area contributed by atoms with Gasteiger partial charge >= 0.3 is 0 Å². The molecule has 0 spiro atoms. The van der Waals surface area contributed by atoms with Crippen LogP contribution >= 0.6 is 0 Å². The van der Waals surface area contributed by atoms with Crippen molar-refractivity contribution >= 4 is 5.96 Å². The zero-order chi connectivity index (χ0) is 14.1. The van der Waals surface area contributed by atoms with E-state index in [1.807, 2.05) is 12.1 Å². The molecule has 4 heteroatoms. The monoisotopic (exact) mass is 263 g/mol. The van der Waals surface area contributed by atoms with E-state index in [0.29, 0.717) is 0 Å². The van der Waals surface area contributed by atoms with E-state index in [1.165, 1.54) is 5.56 Å². The minimum absolute atomic E-state index is 0.833. The molecule has 1 aromatic carbocycles. The summed E-state index contributed by atoms with van der Waals surface area (Å²) in [6.07, 6.45) is 1.06. The van der Waals surface area contributed by atoms with Crippen molar-refractivity contribution in [3.05, 3.63) is 29.8 Å². The normalized spacial score (nSPS) is 11.3. The molecular weight excluding hydrogens is 238 g/mol. The first-order valence-electron chi connectivity index (χ1n) is 6.83. The van der Waals surface area contributed by atoms with Gasteiger partial charge in [0.25, 0.3) is 0 Å². The molecule has 0 aromatic heterocycles. The van der Waals surface area contributed by atoms with E-state index in [-0.39, 0.29) is 0 Å². The maximum Gasteiger partial charge on any atom is 0.193 e. The number of methoxy groups -OCH3 is 1. The van der Waals surface area contributed by atoms with Crippen LogP contribution in [-0.4, -0.2) is 38.1 Å². The molecule has 0 radical (unpaired) electrons. The molecule has 0 amide bonds. The molecule has 1 rings (SSSR count). The summed E-state index contributed by atoms with van der Waals surface area (Å²) in [4.78, 5) is 6.71. The highest BCUT2D eigenvalue weighted by molar-refractivity contribution is 5.79. The SMILES string of the molecule is CCCN=C(NCC)N(C)Cc1ccc(OC)cc1. The molecule has 0 saturated heterocycles. The highest BCUT2D eigenvalue weighted by Gasteiger charge is 2.06. The van der Waals surface area contributed by atoms with Crippen molar-refractivity contribution < 1.29 is 4.74 Å². The number of ether oxygens (including phenoxy) is 1. The van der Waals surface area contributed by atoms with Gasteiger partial charge in [-0.15, -0.1) is 0 Å². The molecule has 0 unspecified atom stereocenters. The minimum Gasteiger partial charge on any atom is -0.497 e. The molecule has 0 atom stereocenters. The van der Waals surface area contributed by atoms with Crippen molar-refractivity contribution in [1.82, 2.24) is 10.2 Å². The third kappa shape index (κ3) is 5.20. The number of guanidine groups is 1. The standard InChI is InChI=1S/C15H25N3O/c1-5-11-17-15(16-6-2)18(3)12-13-7-9-14(19-4)10-8-13/h7-10H,5-6,11-12H2,1-4H3,(H,16,17). The fourth-order valence-corrected chi connectivity index (χ4v) is 1.77. The van der Waals surface area contributed by atoms with Crippen LogP contribution in [0.5, 0.6) is 5.75 Å². The van der Waals surface area contributed by atoms with Crippen LogP contribution in [0.3, 0.4) is 0 Å². The van der Waals surface area contributed by atoms with Gasteiger partial charge in [-0.05, 0) is 31.0 Å². The summed E-state index contributed by atoms with van der Waals surface area (Å²) < 4.78 is 5.16. The fourth-order valence-electron chi connectivity index (χ4n) is 1.77. The molecule has 0 saturated carbocycles. The number of aliphatic imine (C=N–C) groups is 1. The second-order valence-electron chi connectivity index (χ2n) is 4.44. The van der Waals surface area contributed by atoms with Crippen LogP contribution in [0.1, 0.15) is 25.8 Å². The van der Waals surface area contributed by atoms with Crippen molar-refractivity contribution in [2.24, 2.45) is 4.99 Å². The smallest absolute Gasteiger partial charge is 0.193 e. The Hall–Kier alpha value is -1.71. The topological polar surface area (TPSA) is 36.9 Å². The van der Waals surface area contributed by atoms with Gasteiger partial charge in [-0.1, -0.05) is 19.1 Å². The van der Waals surface area contributed by atoms with Crippen molar-refractivity contribution in [2.45, 2.75) is 26.8 Å². The Balaban J connectivity index is 2.66. The number of hydrogen-bond acceptors (Lipinski definition) is 2. The quantitative estimate of drug-likeness (QED) is 0.633. The molecule has 106 valence electrons. The highest BCUT2D eigenvalue weighted by Crippen LogP contribution is 2.12. The Kier molecular flexibility index (Phi) is 6.79. The fraction of sp³-hybridized carbons (Fsp3) is 0.533. The van der Waals surface area contributed by atoms with Crippen LogP contribution in [-0.2, 0) is 6.54 Å². The average molecular weight is 263 g/mol. The van der Waals surface area contributed by atoms with E-state index in [1.54, 1.807) is 7.11 Å². The van der Waals surface area contributed by atoms with E-state index >= 15 is 0 Å². The number of hydrogen-bond donors (Lipinski definition) is 1. The van der Waals surface area contributed by atoms with E-state index in [0.717, 1.165) is 37.8 Å². The summed E-state index contributed by atoms with van der Waals surface area (Å²) in [5.74, 6) is 1.85. The van der Waals surface area contributed by atoms with E-state index in [2.05, 4.69) is 48.2 Å². The Morgan fingerprint density at radius 2 is 1.95 bits per heavy atom. The summed E-state index contributed by atoms with van der Waals surface area (Å²) in [6.45, 7) is 6.80. The lowest BCUT2D eigenvalue weighted by molar-refractivity contribution is 0.414. The first-order valence-corrected chi connectivity index (χ1v) is 6.83. The molecule has 0 fully saturated rings. The van der Waals surface area contributed by atoms with Crippen molar-refractivity contribution in [3.8, 4) is 5.75 Å². The van der Waals surface area contributed by atoms with Gasteiger partial charge in [0, 0.05) is 26.7 Å². The van der Waals surface area contributed by atoms with Gasteiger partial charge in [0.15, 0.2) is 5.96 Å². The average Bonchev–Trinajstić information content (AvgIpc) is 2.44. The van der Waals surface area contributed by atoms with Crippen LogP contribution < -0.4 is 10.1 Å². The van der Waals surface area contributed by atoms with E-state index in [4.69, 9.17) is 4.74 Å². The lowest BCUT2D eigenvalue weighted by Gasteiger charge is -2.22. The van der Waals surface area contributed by atoms with Crippen molar-refractivity contribution in [1.29, 1.82) is 0 Å².